The molecule has 2 aromatic rings. The standard InChI is InChI=1S/C19H20ClN3O4S/c20-17-8-9-19(18(15-17)23(24)25)28(26,27)22-13-11-21(12-14-22)10-4-7-16-5-2-1-3-6-16/h1-9,15H,10-14H2. The summed E-state index contributed by atoms with van der Waals surface area (Å²) in [4.78, 5) is 12.3. The lowest BCUT2D eigenvalue weighted by atomic mass is 10.2. The van der Waals surface area contributed by atoms with Gasteiger partial charge in [0.15, 0.2) is 4.90 Å². The van der Waals surface area contributed by atoms with Crippen molar-refractivity contribution in [1.29, 1.82) is 0 Å². The van der Waals surface area contributed by atoms with Gasteiger partial charge in [-0.05, 0) is 17.7 Å². The number of piperazine rings is 1. The van der Waals surface area contributed by atoms with Crippen molar-refractivity contribution in [3.05, 3.63) is 75.3 Å². The molecular weight excluding hydrogens is 402 g/mol. The first-order chi connectivity index (χ1) is 13.4. The lowest BCUT2D eigenvalue weighted by molar-refractivity contribution is -0.387. The molecule has 0 bridgehead atoms. The summed E-state index contributed by atoms with van der Waals surface area (Å²) in [6.07, 6.45) is 4.07. The van der Waals surface area contributed by atoms with Crippen molar-refractivity contribution < 1.29 is 13.3 Å². The normalized spacial score (nSPS) is 16.5. The van der Waals surface area contributed by atoms with Gasteiger partial charge in [0.2, 0.25) is 10.0 Å². The molecule has 0 saturated carbocycles. The largest absolute Gasteiger partial charge is 0.297 e. The highest BCUT2D eigenvalue weighted by molar-refractivity contribution is 7.89. The van der Waals surface area contributed by atoms with Crippen LogP contribution in [0.4, 0.5) is 5.69 Å². The Morgan fingerprint density at radius 1 is 1.07 bits per heavy atom. The Labute approximate surface area is 169 Å². The summed E-state index contributed by atoms with van der Waals surface area (Å²) in [6, 6.07) is 13.6. The van der Waals surface area contributed by atoms with Gasteiger partial charge in [0.1, 0.15) is 0 Å². The predicted molar refractivity (Wildman–Crippen MR) is 109 cm³/mol. The van der Waals surface area contributed by atoms with Crippen LogP contribution in [-0.4, -0.2) is 55.3 Å². The first-order valence-corrected chi connectivity index (χ1v) is 10.6. The molecule has 9 heteroatoms. The Kier molecular flexibility index (Phi) is 6.46. The van der Waals surface area contributed by atoms with Gasteiger partial charge in [-0.3, -0.25) is 15.0 Å². The number of hydrogen-bond donors (Lipinski definition) is 0. The molecule has 148 valence electrons. The number of rotatable bonds is 6. The van der Waals surface area contributed by atoms with Crippen LogP contribution in [0.2, 0.25) is 5.02 Å². The van der Waals surface area contributed by atoms with Crippen molar-refractivity contribution >= 4 is 33.4 Å². The summed E-state index contributed by atoms with van der Waals surface area (Å²) in [5, 5.41) is 11.4. The van der Waals surface area contributed by atoms with Crippen LogP contribution in [0.15, 0.2) is 59.5 Å². The van der Waals surface area contributed by atoms with Crippen LogP contribution in [0.5, 0.6) is 0 Å². The fourth-order valence-electron chi connectivity index (χ4n) is 3.04. The van der Waals surface area contributed by atoms with E-state index in [2.05, 4.69) is 4.90 Å². The predicted octanol–water partition coefficient (Wildman–Crippen LogP) is 3.27. The SMILES string of the molecule is O=[N+]([O-])c1cc(Cl)ccc1S(=O)(=O)N1CCN(CC=Cc2ccccc2)CC1. The van der Waals surface area contributed by atoms with E-state index in [1.807, 2.05) is 42.5 Å². The lowest BCUT2D eigenvalue weighted by Crippen LogP contribution is -2.48. The molecular formula is C19H20ClN3O4S. The van der Waals surface area contributed by atoms with Crippen molar-refractivity contribution in [3.63, 3.8) is 0 Å². The molecule has 1 saturated heterocycles. The number of hydrogen-bond acceptors (Lipinski definition) is 5. The van der Waals surface area contributed by atoms with Gasteiger partial charge >= 0.3 is 0 Å². The second kappa shape index (κ2) is 8.83. The molecule has 28 heavy (non-hydrogen) atoms. The molecule has 1 fully saturated rings. The van der Waals surface area contributed by atoms with Gasteiger partial charge in [-0.1, -0.05) is 54.1 Å². The fraction of sp³-hybridized carbons (Fsp3) is 0.263. The first kappa shape index (κ1) is 20.5. The molecule has 3 rings (SSSR count). The minimum atomic E-state index is -3.95. The molecule has 1 heterocycles. The van der Waals surface area contributed by atoms with E-state index in [0.717, 1.165) is 11.6 Å². The van der Waals surface area contributed by atoms with Crippen molar-refractivity contribution in [1.82, 2.24) is 9.21 Å². The maximum Gasteiger partial charge on any atom is 0.290 e. The first-order valence-electron chi connectivity index (χ1n) is 8.76. The topological polar surface area (TPSA) is 83.8 Å². The second-order valence-electron chi connectivity index (χ2n) is 6.39. The molecule has 7 nitrogen and oxygen atoms in total. The molecule has 0 N–H and O–H groups in total. The molecule has 0 aliphatic carbocycles. The van der Waals surface area contributed by atoms with Crippen LogP contribution in [0.25, 0.3) is 6.08 Å². The molecule has 0 aromatic heterocycles. The van der Waals surface area contributed by atoms with Crippen molar-refractivity contribution in [2.75, 3.05) is 32.7 Å². The van der Waals surface area contributed by atoms with Crippen molar-refractivity contribution in [2.45, 2.75) is 4.90 Å². The zero-order chi connectivity index (χ0) is 20.1. The third-order valence-corrected chi connectivity index (χ3v) is 6.72. The highest BCUT2D eigenvalue weighted by Gasteiger charge is 2.33. The summed E-state index contributed by atoms with van der Waals surface area (Å²) in [5.41, 5.74) is 0.611. The quantitative estimate of drug-likeness (QED) is 0.528. The van der Waals surface area contributed by atoms with Crippen LogP contribution in [0, 0.1) is 10.1 Å². The van der Waals surface area contributed by atoms with Gasteiger partial charge < -0.3 is 0 Å². The molecule has 0 radical (unpaired) electrons. The third-order valence-electron chi connectivity index (χ3n) is 4.54. The molecule has 1 aliphatic rings. The molecule has 1 aliphatic heterocycles. The summed E-state index contributed by atoms with van der Waals surface area (Å²) in [6.45, 7) is 2.38. The van der Waals surface area contributed by atoms with Gasteiger partial charge in [0.05, 0.1) is 4.92 Å². The van der Waals surface area contributed by atoms with E-state index >= 15 is 0 Å². The zero-order valence-corrected chi connectivity index (χ0v) is 16.6. The highest BCUT2D eigenvalue weighted by Crippen LogP contribution is 2.30. The Bertz CT molecular complexity index is 972. The minimum absolute atomic E-state index is 0.126. The van der Waals surface area contributed by atoms with E-state index in [1.54, 1.807) is 0 Å². The van der Waals surface area contributed by atoms with Gasteiger partial charge in [-0.25, -0.2) is 8.42 Å². The van der Waals surface area contributed by atoms with Crippen LogP contribution in [0.1, 0.15) is 5.56 Å². The monoisotopic (exact) mass is 421 g/mol. The number of sulfonamides is 1. The highest BCUT2D eigenvalue weighted by atomic mass is 35.5. The van der Waals surface area contributed by atoms with E-state index in [1.165, 1.54) is 16.4 Å². The molecule has 0 spiro atoms. The minimum Gasteiger partial charge on any atom is -0.297 e. The summed E-state index contributed by atoms with van der Waals surface area (Å²) in [5.74, 6) is 0. The van der Waals surface area contributed by atoms with Gasteiger partial charge in [-0.2, -0.15) is 4.31 Å². The summed E-state index contributed by atoms with van der Waals surface area (Å²) < 4.78 is 27.0. The summed E-state index contributed by atoms with van der Waals surface area (Å²) >= 11 is 5.78. The Morgan fingerprint density at radius 2 is 1.75 bits per heavy atom. The van der Waals surface area contributed by atoms with Gasteiger partial charge in [-0.15, -0.1) is 0 Å². The van der Waals surface area contributed by atoms with E-state index in [9.17, 15) is 18.5 Å². The number of benzene rings is 2. The lowest BCUT2D eigenvalue weighted by Gasteiger charge is -2.33. The Hall–Kier alpha value is -2.26. The fourth-order valence-corrected chi connectivity index (χ4v) is 4.77. The Balaban J connectivity index is 1.64. The van der Waals surface area contributed by atoms with Crippen LogP contribution < -0.4 is 0 Å². The zero-order valence-electron chi connectivity index (χ0n) is 15.1. The van der Waals surface area contributed by atoms with E-state index in [-0.39, 0.29) is 23.0 Å². The number of nitrogens with zero attached hydrogens (tertiary/aromatic N) is 3. The van der Waals surface area contributed by atoms with Crippen LogP contribution in [0.3, 0.4) is 0 Å². The molecule has 0 amide bonds. The van der Waals surface area contributed by atoms with E-state index in [4.69, 9.17) is 11.6 Å². The average Bonchev–Trinajstić information content (AvgIpc) is 2.69. The van der Waals surface area contributed by atoms with Crippen LogP contribution in [-0.2, 0) is 10.0 Å². The second-order valence-corrected chi connectivity index (χ2v) is 8.73. The number of nitro benzene ring substituents is 1. The van der Waals surface area contributed by atoms with E-state index in [0.29, 0.717) is 19.6 Å². The third kappa shape index (κ3) is 4.77. The maximum atomic E-state index is 12.9. The number of nitro groups is 1. The van der Waals surface area contributed by atoms with Gasteiger partial charge in [0, 0.05) is 43.8 Å². The van der Waals surface area contributed by atoms with Crippen molar-refractivity contribution in [3.8, 4) is 0 Å². The molecule has 2 aromatic carbocycles. The van der Waals surface area contributed by atoms with Crippen LogP contribution >= 0.6 is 11.6 Å². The van der Waals surface area contributed by atoms with E-state index < -0.39 is 20.6 Å². The molecule has 0 unspecified atom stereocenters. The summed E-state index contributed by atoms with van der Waals surface area (Å²) in [7, 11) is -3.95. The number of halogens is 1. The molecule has 0 atom stereocenters. The van der Waals surface area contributed by atoms with Gasteiger partial charge in [0.25, 0.3) is 5.69 Å². The Morgan fingerprint density at radius 3 is 2.39 bits per heavy atom. The smallest absolute Gasteiger partial charge is 0.290 e. The van der Waals surface area contributed by atoms with Crippen molar-refractivity contribution in [2.24, 2.45) is 0 Å². The maximum absolute atomic E-state index is 12.9. The average molecular weight is 422 g/mol.